The molecule has 0 aliphatic heterocycles. The minimum Gasteiger partial charge on any atom is -0.477 e. The minimum absolute atomic E-state index is 0.149. The zero-order valence-electron chi connectivity index (χ0n) is 7.06. The minimum atomic E-state index is -1.01. The fourth-order valence-electron chi connectivity index (χ4n) is 1.16. The van der Waals surface area contributed by atoms with Crippen LogP contribution >= 0.6 is 11.3 Å². The predicted octanol–water partition coefficient (Wildman–Crippen LogP) is 2.29. The number of thiophene rings is 1. The third-order valence-corrected chi connectivity index (χ3v) is 2.79. The fraction of sp³-hybridized carbons (Fsp3) is 0. The molecule has 14 heavy (non-hydrogen) atoms. The van der Waals surface area contributed by atoms with Gasteiger partial charge in [0.1, 0.15) is 10.6 Å². The molecule has 0 aliphatic rings. The molecular weight excluding hydrogens is 202 g/mol. The van der Waals surface area contributed by atoms with E-state index in [-0.39, 0.29) is 10.6 Å². The van der Waals surface area contributed by atoms with E-state index < -0.39 is 5.97 Å². The molecule has 2 heterocycles. The molecule has 3 N–H and O–H groups in total. The number of aromatic carboxylic acids is 1. The average Bonchev–Trinajstić information content (AvgIpc) is 2.71. The Morgan fingerprint density at radius 2 is 2.36 bits per heavy atom. The number of hydrogen-bond acceptors (Lipinski definition) is 4. The Morgan fingerprint density at radius 3 is 2.86 bits per heavy atom. The highest BCUT2D eigenvalue weighted by molar-refractivity contribution is 7.13. The number of anilines is 1. The number of carboxylic acids is 1. The molecule has 0 amide bonds. The first kappa shape index (κ1) is 8.83. The molecular formula is C9H7NO3S. The van der Waals surface area contributed by atoms with Crippen LogP contribution in [0.5, 0.6) is 0 Å². The Bertz CT molecular complexity index is 458. The molecule has 2 aromatic heterocycles. The summed E-state index contributed by atoms with van der Waals surface area (Å²) in [6.07, 6.45) is 1.52. The summed E-state index contributed by atoms with van der Waals surface area (Å²) in [5.41, 5.74) is 6.56. The normalized spacial score (nSPS) is 10.3. The first-order valence-corrected chi connectivity index (χ1v) is 4.72. The summed E-state index contributed by atoms with van der Waals surface area (Å²) < 4.78 is 5.13. The molecule has 72 valence electrons. The zero-order chi connectivity index (χ0) is 10.1. The lowest BCUT2D eigenvalue weighted by atomic mass is 10.2. The largest absolute Gasteiger partial charge is 0.477 e. The number of nitrogen functional groups attached to an aromatic ring is 1. The number of nitrogens with two attached hydrogens (primary N) is 1. The first-order chi connectivity index (χ1) is 6.70. The first-order valence-electron chi connectivity index (χ1n) is 3.84. The second kappa shape index (κ2) is 3.19. The highest BCUT2D eigenvalue weighted by atomic mass is 32.1. The van der Waals surface area contributed by atoms with Crippen molar-refractivity contribution < 1.29 is 14.3 Å². The van der Waals surface area contributed by atoms with Crippen LogP contribution in [0.4, 0.5) is 5.69 Å². The van der Waals surface area contributed by atoms with E-state index in [4.69, 9.17) is 15.3 Å². The molecule has 4 nitrogen and oxygen atoms in total. The Morgan fingerprint density at radius 1 is 1.57 bits per heavy atom. The maximum atomic E-state index is 10.7. The predicted molar refractivity (Wildman–Crippen MR) is 53.4 cm³/mol. The van der Waals surface area contributed by atoms with E-state index in [9.17, 15) is 4.79 Å². The molecule has 2 rings (SSSR count). The van der Waals surface area contributed by atoms with Gasteiger partial charge in [0.05, 0.1) is 17.5 Å². The molecule has 0 spiro atoms. The van der Waals surface area contributed by atoms with Crippen LogP contribution in [0.3, 0.4) is 0 Å². The summed E-state index contributed by atoms with van der Waals surface area (Å²) in [6, 6.07) is 3.47. The highest BCUT2D eigenvalue weighted by Crippen LogP contribution is 2.33. The Labute approximate surface area is 83.6 Å². The monoisotopic (exact) mass is 209 g/mol. The second-order valence-electron chi connectivity index (χ2n) is 2.67. The van der Waals surface area contributed by atoms with Crippen LogP contribution in [0, 0.1) is 0 Å². The molecule has 0 atom stereocenters. The topological polar surface area (TPSA) is 76.5 Å². The quantitative estimate of drug-likeness (QED) is 0.795. The molecule has 0 fully saturated rings. The van der Waals surface area contributed by atoms with Gasteiger partial charge in [0, 0.05) is 5.38 Å². The third kappa shape index (κ3) is 1.27. The van der Waals surface area contributed by atoms with Crippen molar-refractivity contribution in [2.24, 2.45) is 0 Å². The van der Waals surface area contributed by atoms with Crippen LogP contribution in [-0.4, -0.2) is 11.1 Å². The fourth-order valence-corrected chi connectivity index (χ4v) is 1.97. The number of carboxylic acid groups (broad SMARTS) is 1. The van der Waals surface area contributed by atoms with Crippen LogP contribution in [0.1, 0.15) is 9.67 Å². The van der Waals surface area contributed by atoms with Gasteiger partial charge in [-0.2, -0.15) is 0 Å². The highest BCUT2D eigenvalue weighted by Gasteiger charge is 2.16. The van der Waals surface area contributed by atoms with E-state index in [0.29, 0.717) is 11.3 Å². The van der Waals surface area contributed by atoms with Crippen LogP contribution in [0.2, 0.25) is 0 Å². The summed E-state index contributed by atoms with van der Waals surface area (Å²) >= 11 is 1.10. The van der Waals surface area contributed by atoms with Gasteiger partial charge in [-0.05, 0) is 12.1 Å². The molecule has 0 unspecified atom stereocenters. The van der Waals surface area contributed by atoms with E-state index in [2.05, 4.69) is 0 Å². The SMILES string of the molecule is Nc1c(-c2ccco2)csc1C(=O)O. The molecule has 0 aromatic carbocycles. The van der Waals surface area contributed by atoms with Gasteiger partial charge in [0.2, 0.25) is 0 Å². The summed E-state index contributed by atoms with van der Waals surface area (Å²) in [5.74, 6) is -0.420. The summed E-state index contributed by atoms with van der Waals surface area (Å²) in [7, 11) is 0. The lowest BCUT2D eigenvalue weighted by molar-refractivity contribution is 0.0703. The van der Waals surface area contributed by atoms with Crippen molar-refractivity contribution >= 4 is 23.0 Å². The maximum Gasteiger partial charge on any atom is 0.348 e. The molecule has 0 saturated carbocycles. The van der Waals surface area contributed by atoms with Gasteiger partial charge in [-0.15, -0.1) is 11.3 Å². The Kier molecular flexibility index (Phi) is 2.01. The lowest BCUT2D eigenvalue weighted by Gasteiger charge is -1.95. The summed E-state index contributed by atoms with van der Waals surface area (Å²) in [4.78, 5) is 10.9. The van der Waals surface area contributed by atoms with Crippen molar-refractivity contribution in [3.63, 3.8) is 0 Å². The van der Waals surface area contributed by atoms with Crippen molar-refractivity contribution in [2.45, 2.75) is 0 Å². The van der Waals surface area contributed by atoms with E-state index in [1.807, 2.05) is 0 Å². The smallest absolute Gasteiger partial charge is 0.348 e. The van der Waals surface area contributed by atoms with Crippen LogP contribution in [0.25, 0.3) is 11.3 Å². The Hall–Kier alpha value is -1.75. The summed E-state index contributed by atoms with van der Waals surface area (Å²) in [5, 5.41) is 10.5. The van der Waals surface area contributed by atoms with Crippen molar-refractivity contribution in [3.05, 3.63) is 28.7 Å². The second-order valence-corrected chi connectivity index (χ2v) is 3.55. The van der Waals surface area contributed by atoms with Gasteiger partial charge in [-0.1, -0.05) is 0 Å². The van der Waals surface area contributed by atoms with Crippen molar-refractivity contribution in [2.75, 3.05) is 5.73 Å². The van der Waals surface area contributed by atoms with Crippen LogP contribution in [0.15, 0.2) is 28.2 Å². The van der Waals surface area contributed by atoms with Gasteiger partial charge in [-0.3, -0.25) is 0 Å². The van der Waals surface area contributed by atoms with Crippen LogP contribution < -0.4 is 5.73 Å². The van der Waals surface area contributed by atoms with E-state index in [1.165, 1.54) is 6.26 Å². The number of hydrogen-bond donors (Lipinski definition) is 2. The van der Waals surface area contributed by atoms with Gasteiger partial charge < -0.3 is 15.3 Å². The molecule has 0 aliphatic carbocycles. The van der Waals surface area contributed by atoms with E-state index in [0.717, 1.165) is 11.3 Å². The third-order valence-electron chi connectivity index (χ3n) is 1.81. The van der Waals surface area contributed by atoms with Crippen molar-refractivity contribution in [1.29, 1.82) is 0 Å². The van der Waals surface area contributed by atoms with Crippen molar-refractivity contribution in [3.8, 4) is 11.3 Å². The molecule has 2 aromatic rings. The number of furan rings is 1. The standard InChI is InChI=1S/C9H7NO3S/c10-7-5(6-2-1-3-13-6)4-14-8(7)9(11)12/h1-4H,10H2,(H,11,12). The van der Waals surface area contributed by atoms with Gasteiger partial charge in [-0.25, -0.2) is 4.79 Å². The van der Waals surface area contributed by atoms with Gasteiger partial charge in [0.25, 0.3) is 0 Å². The van der Waals surface area contributed by atoms with Gasteiger partial charge >= 0.3 is 5.97 Å². The number of rotatable bonds is 2. The maximum absolute atomic E-state index is 10.7. The van der Waals surface area contributed by atoms with Crippen LogP contribution in [-0.2, 0) is 0 Å². The zero-order valence-corrected chi connectivity index (χ0v) is 7.88. The van der Waals surface area contributed by atoms with E-state index >= 15 is 0 Å². The van der Waals surface area contributed by atoms with Crippen molar-refractivity contribution in [1.82, 2.24) is 0 Å². The number of carbonyl (C=O) groups is 1. The van der Waals surface area contributed by atoms with E-state index in [1.54, 1.807) is 17.5 Å². The average molecular weight is 209 g/mol. The molecule has 0 saturated heterocycles. The summed E-state index contributed by atoms with van der Waals surface area (Å²) in [6.45, 7) is 0. The molecule has 0 bridgehead atoms. The molecule has 0 radical (unpaired) electrons. The lowest BCUT2D eigenvalue weighted by Crippen LogP contribution is -1.97. The Balaban J connectivity index is 2.52. The molecule has 5 heteroatoms. The van der Waals surface area contributed by atoms with Gasteiger partial charge in [0.15, 0.2) is 0 Å².